The Bertz CT molecular complexity index is 589. The highest BCUT2D eigenvalue weighted by Gasteiger charge is 2.53. The molecule has 0 aromatic carbocycles. The molecule has 0 amide bonds. The van der Waals surface area contributed by atoms with Gasteiger partial charge in [0.2, 0.25) is 0 Å². The van der Waals surface area contributed by atoms with Gasteiger partial charge in [0.15, 0.2) is 0 Å². The van der Waals surface area contributed by atoms with Gasteiger partial charge in [-0.1, -0.05) is 0 Å². The molecular weight excluding hydrogens is 282 g/mol. The van der Waals surface area contributed by atoms with Crippen molar-refractivity contribution >= 4 is 12.7 Å². The normalized spacial score (nSPS) is 24.5. The number of allylic oxidation sites excluding steroid dienone is 1. The Morgan fingerprint density at radius 2 is 1.91 bits per heavy atom. The molecule has 0 N–H and O–H groups in total. The van der Waals surface area contributed by atoms with E-state index in [1.54, 1.807) is 13.1 Å². The molecule has 2 heterocycles. The smallest absolute Gasteiger partial charge is 0.398 e. The maximum absolute atomic E-state index is 14.8. The van der Waals surface area contributed by atoms with E-state index >= 15 is 0 Å². The maximum Gasteiger partial charge on any atom is 0.525 e. The molecule has 1 aromatic heterocycles. The van der Waals surface area contributed by atoms with Crippen LogP contribution in [0.4, 0.5) is 4.39 Å². The van der Waals surface area contributed by atoms with Gasteiger partial charge >= 0.3 is 7.12 Å². The van der Waals surface area contributed by atoms with Crippen LogP contribution in [0.2, 0.25) is 0 Å². The lowest BCUT2D eigenvalue weighted by Crippen LogP contribution is -2.41. The summed E-state index contributed by atoms with van der Waals surface area (Å²) in [5.41, 5.74) is -0.130. The summed E-state index contributed by atoms with van der Waals surface area (Å²) in [6.45, 7) is 10.4. The molecule has 0 bridgehead atoms. The average molecular weight is 306 g/mol. The van der Waals surface area contributed by atoms with Crippen molar-refractivity contribution in [2.24, 2.45) is 5.92 Å². The lowest BCUT2D eigenvalue weighted by Gasteiger charge is -2.32. The maximum atomic E-state index is 14.8. The zero-order valence-electron chi connectivity index (χ0n) is 14.0. The molecule has 120 valence electrons. The fourth-order valence-electron chi connectivity index (χ4n) is 2.48. The van der Waals surface area contributed by atoms with Crippen molar-refractivity contribution in [3.8, 4) is 0 Å². The molecule has 1 aliphatic carbocycles. The molecular formula is C16H24BFN2O2. The Balaban J connectivity index is 1.78. The zero-order chi connectivity index (χ0) is 16.1. The molecule has 1 aromatic rings. The molecule has 2 fully saturated rings. The van der Waals surface area contributed by atoms with E-state index in [0.29, 0.717) is 5.57 Å². The van der Waals surface area contributed by atoms with E-state index in [1.807, 2.05) is 38.6 Å². The quantitative estimate of drug-likeness (QED) is 0.797. The number of nitrogens with zero attached hydrogens (tertiary/aromatic N) is 2. The van der Waals surface area contributed by atoms with Crippen LogP contribution in [0.15, 0.2) is 18.1 Å². The largest absolute Gasteiger partial charge is 0.525 e. The van der Waals surface area contributed by atoms with Crippen LogP contribution in [0.25, 0.3) is 5.57 Å². The van der Waals surface area contributed by atoms with Gasteiger partial charge in [-0.2, -0.15) is 5.10 Å². The third-order valence-corrected chi connectivity index (χ3v) is 5.03. The number of aromatic nitrogens is 2. The van der Waals surface area contributed by atoms with Crippen molar-refractivity contribution in [1.82, 2.24) is 9.78 Å². The summed E-state index contributed by atoms with van der Waals surface area (Å²) in [6, 6.07) is 0. The van der Waals surface area contributed by atoms with Gasteiger partial charge in [-0.25, -0.2) is 4.39 Å². The standard InChI is InChI=1S/C16H24BFN2O2/c1-11(13-8-19-20(10-13)9-12-6-7-12)14(18)17-21-15(2,3)16(4,5)22-17/h8,10,12H,6-7,9H2,1-5H3. The third kappa shape index (κ3) is 2.86. The van der Waals surface area contributed by atoms with Gasteiger partial charge in [0, 0.05) is 18.3 Å². The molecule has 0 atom stereocenters. The molecule has 0 spiro atoms. The van der Waals surface area contributed by atoms with Crippen LogP contribution in [0.1, 0.15) is 53.0 Å². The van der Waals surface area contributed by atoms with Gasteiger partial charge in [0.05, 0.1) is 17.4 Å². The average Bonchev–Trinajstić information content (AvgIpc) is 3.05. The first-order chi connectivity index (χ1) is 10.2. The second-order valence-corrected chi connectivity index (χ2v) is 7.46. The highest BCUT2D eigenvalue weighted by atomic mass is 19.1. The van der Waals surface area contributed by atoms with Gasteiger partial charge in [-0.15, -0.1) is 0 Å². The zero-order valence-corrected chi connectivity index (χ0v) is 14.0. The minimum absolute atomic E-state index is 0.371. The van der Waals surface area contributed by atoms with Crippen LogP contribution in [0, 0.1) is 5.92 Å². The van der Waals surface area contributed by atoms with Gasteiger partial charge in [-0.3, -0.25) is 4.68 Å². The minimum Gasteiger partial charge on any atom is -0.398 e. The molecule has 0 radical (unpaired) electrons. The molecule has 1 aliphatic heterocycles. The first-order valence-electron chi connectivity index (χ1n) is 7.94. The molecule has 6 heteroatoms. The number of rotatable bonds is 4. The van der Waals surface area contributed by atoms with Crippen molar-refractivity contribution in [3.63, 3.8) is 0 Å². The number of hydrogen-bond donors (Lipinski definition) is 0. The van der Waals surface area contributed by atoms with Crippen molar-refractivity contribution in [1.29, 1.82) is 0 Å². The first kappa shape index (κ1) is 15.7. The Morgan fingerprint density at radius 1 is 1.32 bits per heavy atom. The van der Waals surface area contributed by atoms with Crippen molar-refractivity contribution < 1.29 is 13.7 Å². The Morgan fingerprint density at radius 3 is 2.45 bits per heavy atom. The SMILES string of the molecule is CC(=C(F)B1OC(C)(C)C(C)(C)O1)c1cnn(CC2CC2)c1. The fourth-order valence-corrected chi connectivity index (χ4v) is 2.48. The van der Waals surface area contributed by atoms with E-state index in [4.69, 9.17) is 9.31 Å². The summed E-state index contributed by atoms with van der Waals surface area (Å²) in [5, 5.41) is 4.32. The Labute approximate surface area is 131 Å². The lowest BCUT2D eigenvalue weighted by atomic mass is 9.84. The van der Waals surface area contributed by atoms with Crippen LogP contribution in [-0.4, -0.2) is 28.1 Å². The van der Waals surface area contributed by atoms with Crippen LogP contribution in [0.5, 0.6) is 0 Å². The predicted molar refractivity (Wildman–Crippen MR) is 84.7 cm³/mol. The van der Waals surface area contributed by atoms with Crippen LogP contribution >= 0.6 is 0 Å². The van der Waals surface area contributed by atoms with Gasteiger partial charge in [0.25, 0.3) is 0 Å². The van der Waals surface area contributed by atoms with Crippen LogP contribution < -0.4 is 0 Å². The predicted octanol–water partition coefficient (Wildman–Crippen LogP) is 3.63. The molecule has 2 aliphatic rings. The van der Waals surface area contributed by atoms with Gasteiger partial charge < -0.3 is 9.31 Å². The van der Waals surface area contributed by atoms with Crippen molar-refractivity contribution in [2.75, 3.05) is 0 Å². The number of halogens is 1. The summed E-state index contributed by atoms with van der Waals surface area (Å²) in [5.74, 6) is 0.741. The van der Waals surface area contributed by atoms with E-state index in [2.05, 4.69) is 5.10 Å². The summed E-state index contributed by atoms with van der Waals surface area (Å²) in [4.78, 5) is 0. The summed E-state index contributed by atoms with van der Waals surface area (Å²) < 4.78 is 28.2. The fraction of sp³-hybridized carbons (Fsp3) is 0.688. The van der Waals surface area contributed by atoms with Crippen LogP contribution in [0.3, 0.4) is 0 Å². The second-order valence-electron chi connectivity index (χ2n) is 7.46. The third-order valence-electron chi connectivity index (χ3n) is 5.03. The van der Waals surface area contributed by atoms with Gasteiger partial charge in [0.1, 0.15) is 5.73 Å². The van der Waals surface area contributed by atoms with E-state index in [1.165, 1.54) is 12.8 Å². The van der Waals surface area contributed by atoms with E-state index in [0.717, 1.165) is 18.0 Å². The topological polar surface area (TPSA) is 36.3 Å². The van der Waals surface area contributed by atoms with E-state index in [9.17, 15) is 4.39 Å². The van der Waals surface area contributed by atoms with Gasteiger partial charge in [-0.05, 0) is 59.0 Å². The van der Waals surface area contributed by atoms with E-state index in [-0.39, 0.29) is 5.73 Å². The summed E-state index contributed by atoms with van der Waals surface area (Å²) in [6.07, 6.45) is 6.15. The Hall–Kier alpha value is -1.14. The Kier molecular flexibility index (Phi) is 3.72. The molecule has 1 saturated heterocycles. The first-order valence-corrected chi connectivity index (χ1v) is 7.94. The van der Waals surface area contributed by atoms with Crippen molar-refractivity contribution in [3.05, 3.63) is 23.7 Å². The molecule has 22 heavy (non-hydrogen) atoms. The molecule has 1 saturated carbocycles. The summed E-state index contributed by atoms with van der Waals surface area (Å²) in [7, 11) is -0.947. The van der Waals surface area contributed by atoms with Crippen molar-refractivity contribution in [2.45, 2.75) is 65.2 Å². The second kappa shape index (κ2) is 5.20. The highest BCUT2D eigenvalue weighted by molar-refractivity contribution is 6.55. The molecule has 0 unspecified atom stereocenters. The number of hydrogen-bond acceptors (Lipinski definition) is 3. The molecule has 3 rings (SSSR count). The monoisotopic (exact) mass is 306 g/mol. The molecule has 4 nitrogen and oxygen atoms in total. The van der Waals surface area contributed by atoms with Crippen LogP contribution in [-0.2, 0) is 15.9 Å². The minimum atomic E-state index is -0.947. The van der Waals surface area contributed by atoms with E-state index < -0.39 is 18.3 Å². The lowest BCUT2D eigenvalue weighted by molar-refractivity contribution is 0.00578. The summed E-state index contributed by atoms with van der Waals surface area (Å²) >= 11 is 0. The highest BCUT2D eigenvalue weighted by Crippen LogP contribution is 2.40.